The number of anilines is 1. The minimum Gasteiger partial charge on any atom is -0.443 e. The van der Waals surface area contributed by atoms with Gasteiger partial charge in [0.05, 0.1) is 21.6 Å². The SMILES string of the molecule is CCN(C(=O)OC(C)(C)C)c1nc2cccc(Cl)c2c(=O)n1-c1cc(Cl)cc(C(F)F)c1. The van der Waals surface area contributed by atoms with Crippen LogP contribution in [0.3, 0.4) is 0 Å². The van der Waals surface area contributed by atoms with Gasteiger partial charge in [-0.05, 0) is 58.0 Å². The van der Waals surface area contributed by atoms with Crippen LogP contribution in [0.15, 0.2) is 41.2 Å². The quantitative estimate of drug-likeness (QED) is 0.431. The van der Waals surface area contributed by atoms with E-state index in [9.17, 15) is 18.4 Å². The van der Waals surface area contributed by atoms with E-state index in [0.29, 0.717) is 0 Å². The van der Waals surface area contributed by atoms with E-state index >= 15 is 0 Å². The Morgan fingerprint density at radius 3 is 2.50 bits per heavy atom. The number of hydrogen-bond acceptors (Lipinski definition) is 4. The molecule has 1 amide bonds. The largest absolute Gasteiger partial charge is 0.443 e. The second-order valence-electron chi connectivity index (χ2n) is 7.95. The molecule has 0 bridgehead atoms. The molecule has 0 atom stereocenters. The van der Waals surface area contributed by atoms with Gasteiger partial charge in [-0.15, -0.1) is 0 Å². The number of halogens is 4. The number of alkyl halides is 2. The molecular formula is C22H21Cl2F2N3O3. The van der Waals surface area contributed by atoms with Gasteiger partial charge in [-0.3, -0.25) is 4.79 Å². The molecule has 170 valence electrons. The lowest BCUT2D eigenvalue weighted by atomic mass is 10.2. The highest BCUT2D eigenvalue weighted by Crippen LogP contribution is 2.29. The normalized spacial score (nSPS) is 11.8. The number of rotatable bonds is 4. The van der Waals surface area contributed by atoms with Gasteiger partial charge in [0, 0.05) is 17.1 Å². The van der Waals surface area contributed by atoms with Crippen LogP contribution < -0.4 is 10.5 Å². The van der Waals surface area contributed by atoms with E-state index in [1.165, 1.54) is 12.1 Å². The standard InChI is InChI=1S/C22H21Cl2F2N3O3/c1-5-28(21(31)32-22(2,3)4)20-27-16-8-6-7-15(24)17(16)19(30)29(20)14-10-12(18(25)26)9-13(23)11-14/h6-11,18H,5H2,1-4H3. The fraction of sp³-hybridized carbons (Fsp3) is 0.318. The number of carbonyl (C=O) groups excluding carboxylic acids is 1. The van der Waals surface area contributed by atoms with Gasteiger partial charge in [-0.1, -0.05) is 29.3 Å². The lowest BCUT2D eigenvalue weighted by Gasteiger charge is -2.27. The van der Waals surface area contributed by atoms with E-state index in [1.54, 1.807) is 39.8 Å². The van der Waals surface area contributed by atoms with Crippen LogP contribution in [0.5, 0.6) is 0 Å². The molecule has 0 radical (unpaired) electrons. The van der Waals surface area contributed by atoms with Crippen molar-refractivity contribution in [3.05, 3.63) is 62.4 Å². The highest BCUT2D eigenvalue weighted by Gasteiger charge is 2.28. The summed E-state index contributed by atoms with van der Waals surface area (Å²) in [7, 11) is 0. The van der Waals surface area contributed by atoms with E-state index < -0.39 is 23.7 Å². The first-order valence-corrected chi connectivity index (χ1v) is 10.5. The monoisotopic (exact) mass is 483 g/mol. The van der Waals surface area contributed by atoms with E-state index in [-0.39, 0.29) is 44.7 Å². The predicted molar refractivity (Wildman–Crippen MR) is 122 cm³/mol. The lowest BCUT2D eigenvalue weighted by Crippen LogP contribution is -2.40. The summed E-state index contributed by atoms with van der Waals surface area (Å²) in [6.45, 7) is 6.86. The van der Waals surface area contributed by atoms with E-state index in [4.69, 9.17) is 27.9 Å². The summed E-state index contributed by atoms with van der Waals surface area (Å²) in [6, 6.07) is 8.27. The zero-order valence-electron chi connectivity index (χ0n) is 17.8. The molecule has 32 heavy (non-hydrogen) atoms. The van der Waals surface area contributed by atoms with Crippen molar-refractivity contribution in [3.8, 4) is 5.69 Å². The third-order valence-corrected chi connectivity index (χ3v) is 4.95. The second kappa shape index (κ2) is 9.03. The molecule has 0 saturated carbocycles. The summed E-state index contributed by atoms with van der Waals surface area (Å²) in [5.41, 5.74) is -1.57. The average Bonchev–Trinajstić information content (AvgIpc) is 2.66. The van der Waals surface area contributed by atoms with Crippen LogP contribution >= 0.6 is 23.2 Å². The van der Waals surface area contributed by atoms with E-state index in [1.807, 2.05) is 0 Å². The average molecular weight is 484 g/mol. The maximum Gasteiger partial charge on any atom is 0.417 e. The van der Waals surface area contributed by atoms with Crippen molar-refractivity contribution in [2.24, 2.45) is 0 Å². The Labute approximate surface area is 193 Å². The van der Waals surface area contributed by atoms with Gasteiger partial charge in [-0.2, -0.15) is 0 Å². The Hall–Kier alpha value is -2.71. The molecule has 2 aromatic carbocycles. The van der Waals surface area contributed by atoms with Crippen molar-refractivity contribution in [3.63, 3.8) is 0 Å². The first-order valence-electron chi connectivity index (χ1n) is 9.73. The Balaban J connectivity index is 2.38. The van der Waals surface area contributed by atoms with Gasteiger partial charge < -0.3 is 4.74 Å². The highest BCUT2D eigenvalue weighted by molar-refractivity contribution is 6.35. The van der Waals surface area contributed by atoms with Crippen LogP contribution in [-0.2, 0) is 4.74 Å². The minimum atomic E-state index is -2.82. The summed E-state index contributed by atoms with van der Waals surface area (Å²) in [6.07, 6.45) is -3.57. The summed E-state index contributed by atoms with van der Waals surface area (Å²) >= 11 is 12.3. The molecule has 3 rings (SSSR count). The number of benzene rings is 2. The fourth-order valence-electron chi connectivity index (χ4n) is 3.11. The van der Waals surface area contributed by atoms with Crippen molar-refractivity contribution >= 4 is 46.1 Å². The number of hydrogen-bond donors (Lipinski definition) is 0. The zero-order chi connectivity index (χ0) is 23.8. The topological polar surface area (TPSA) is 64.4 Å². The van der Waals surface area contributed by atoms with Crippen molar-refractivity contribution in [1.29, 1.82) is 0 Å². The van der Waals surface area contributed by atoms with Crippen LogP contribution in [0.2, 0.25) is 10.0 Å². The van der Waals surface area contributed by atoms with Gasteiger partial charge in [0.1, 0.15) is 5.60 Å². The molecule has 10 heteroatoms. The molecule has 0 aliphatic heterocycles. The molecule has 0 aliphatic carbocycles. The summed E-state index contributed by atoms with van der Waals surface area (Å²) in [5, 5.41) is 0.212. The molecule has 0 fully saturated rings. The maximum absolute atomic E-state index is 13.5. The molecule has 1 heterocycles. The van der Waals surface area contributed by atoms with Gasteiger partial charge in [0.15, 0.2) is 0 Å². The third-order valence-electron chi connectivity index (χ3n) is 4.42. The van der Waals surface area contributed by atoms with Crippen molar-refractivity contribution in [2.75, 3.05) is 11.4 Å². The molecule has 0 aliphatic rings. The summed E-state index contributed by atoms with van der Waals surface area (Å²) in [5.74, 6) is -0.107. The van der Waals surface area contributed by atoms with E-state index in [0.717, 1.165) is 21.6 Å². The molecule has 0 N–H and O–H groups in total. The van der Waals surface area contributed by atoms with Crippen LogP contribution in [0.1, 0.15) is 39.7 Å². The first-order chi connectivity index (χ1) is 14.9. The van der Waals surface area contributed by atoms with Crippen molar-refractivity contribution < 1.29 is 18.3 Å². The Morgan fingerprint density at radius 2 is 1.91 bits per heavy atom. The number of amides is 1. The summed E-state index contributed by atoms with van der Waals surface area (Å²) in [4.78, 5) is 32.0. The number of nitrogens with zero attached hydrogens (tertiary/aromatic N) is 3. The molecule has 0 saturated heterocycles. The number of aromatic nitrogens is 2. The molecule has 0 unspecified atom stereocenters. The van der Waals surface area contributed by atoms with Crippen LogP contribution in [0.4, 0.5) is 19.5 Å². The number of fused-ring (bicyclic) bond motifs is 1. The third kappa shape index (κ3) is 4.86. The van der Waals surface area contributed by atoms with Crippen LogP contribution in [0.25, 0.3) is 16.6 Å². The summed E-state index contributed by atoms with van der Waals surface area (Å²) < 4.78 is 33.4. The van der Waals surface area contributed by atoms with Crippen LogP contribution in [0, 0.1) is 0 Å². The van der Waals surface area contributed by atoms with Crippen LogP contribution in [-0.4, -0.2) is 27.8 Å². The highest BCUT2D eigenvalue weighted by atomic mass is 35.5. The Kier molecular flexibility index (Phi) is 6.76. The Bertz CT molecular complexity index is 1240. The van der Waals surface area contributed by atoms with Gasteiger partial charge in [0.25, 0.3) is 12.0 Å². The number of ether oxygens (including phenoxy) is 1. The second-order valence-corrected chi connectivity index (χ2v) is 8.80. The fourth-order valence-corrected chi connectivity index (χ4v) is 3.60. The number of carbonyl (C=O) groups is 1. The van der Waals surface area contributed by atoms with E-state index in [2.05, 4.69) is 4.98 Å². The zero-order valence-corrected chi connectivity index (χ0v) is 19.3. The smallest absolute Gasteiger partial charge is 0.417 e. The molecule has 3 aromatic rings. The van der Waals surface area contributed by atoms with Crippen molar-refractivity contribution in [2.45, 2.75) is 39.7 Å². The molecular weight excluding hydrogens is 463 g/mol. The van der Waals surface area contributed by atoms with Crippen molar-refractivity contribution in [1.82, 2.24) is 9.55 Å². The maximum atomic E-state index is 13.5. The van der Waals surface area contributed by atoms with Gasteiger partial charge in [-0.25, -0.2) is 28.0 Å². The lowest BCUT2D eigenvalue weighted by molar-refractivity contribution is 0.0579. The minimum absolute atomic E-state index is 0.00442. The predicted octanol–water partition coefficient (Wildman–Crippen LogP) is 6.39. The molecule has 6 nitrogen and oxygen atoms in total. The molecule has 1 aromatic heterocycles. The molecule has 0 spiro atoms. The van der Waals surface area contributed by atoms with Gasteiger partial charge >= 0.3 is 6.09 Å². The first kappa shape index (κ1) is 23.9. The Morgan fingerprint density at radius 1 is 1.22 bits per heavy atom. The van der Waals surface area contributed by atoms with Gasteiger partial charge in [0.2, 0.25) is 5.95 Å².